The van der Waals surface area contributed by atoms with Crippen LogP contribution in [0.25, 0.3) is 0 Å². The summed E-state index contributed by atoms with van der Waals surface area (Å²) >= 11 is 6.02. The molecule has 0 aliphatic carbocycles. The number of nitrogens with one attached hydrogen (secondary N) is 1. The van der Waals surface area contributed by atoms with Gasteiger partial charge in [0.15, 0.2) is 0 Å². The van der Waals surface area contributed by atoms with Gasteiger partial charge in [0.2, 0.25) is 0 Å². The molecule has 2 N–H and O–H groups in total. The summed E-state index contributed by atoms with van der Waals surface area (Å²) in [7, 11) is 1.56. The minimum Gasteiger partial charge on any atom is -0.495 e. The van der Waals surface area contributed by atoms with Gasteiger partial charge in [-0.15, -0.1) is 0 Å². The maximum Gasteiger partial charge on any atom is 0.320 e. The average molecular weight is 286 g/mol. The third kappa shape index (κ3) is 5.09. The molecule has 0 heterocycles. The van der Waals surface area contributed by atoms with Gasteiger partial charge in [-0.05, 0) is 30.0 Å². The lowest BCUT2D eigenvalue weighted by Gasteiger charge is -2.16. The van der Waals surface area contributed by atoms with Crippen molar-refractivity contribution in [2.75, 3.05) is 7.11 Å². The van der Waals surface area contributed by atoms with Gasteiger partial charge in [0, 0.05) is 6.54 Å². The first kappa shape index (κ1) is 15.8. The van der Waals surface area contributed by atoms with Crippen LogP contribution in [0.15, 0.2) is 18.2 Å². The van der Waals surface area contributed by atoms with Crippen LogP contribution in [0.4, 0.5) is 0 Å². The fraction of sp³-hybridized carbons (Fsp3) is 0.500. The highest BCUT2D eigenvalue weighted by molar-refractivity contribution is 6.32. The summed E-state index contributed by atoms with van der Waals surface area (Å²) in [5, 5.41) is 12.7. The zero-order chi connectivity index (χ0) is 14.4. The Morgan fingerprint density at radius 2 is 2.16 bits per heavy atom. The van der Waals surface area contributed by atoms with E-state index in [0.29, 0.717) is 29.7 Å². The molecule has 1 atom stereocenters. The van der Waals surface area contributed by atoms with E-state index in [2.05, 4.69) is 5.32 Å². The van der Waals surface area contributed by atoms with E-state index in [1.807, 2.05) is 19.9 Å². The van der Waals surface area contributed by atoms with Gasteiger partial charge in [-0.3, -0.25) is 4.79 Å². The van der Waals surface area contributed by atoms with Crippen LogP contribution in [-0.2, 0) is 11.3 Å². The second-order valence-corrected chi connectivity index (χ2v) is 5.28. The Balaban J connectivity index is 2.64. The first-order valence-corrected chi connectivity index (χ1v) is 6.60. The van der Waals surface area contributed by atoms with Crippen molar-refractivity contribution in [1.82, 2.24) is 5.32 Å². The van der Waals surface area contributed by atoms with Gasteiger partial charge >= 0.3 is 5.97 Å². The molecule has 0 fully saturated rings. The van der Waals surface area contributed by atoms with Crippen LogP contribution in [-0.4, -0.2) is 24.2 Å². The largest absolute Gasteiger partial charge is 0.495 e. The van der Waals surface area contributed by atoms with E-state index in [1.165, 1.54) is 0 Å². The first-order valence-electron chi connectivity index (χ1n) is 6.22. The lowest BCUT2D eigenvalue weighted by molar-refractivity contribution is -0.140. The Kier molecular flexibility index (Phi) is 6.12. The third-order valence-corrected chi connectivity index (χ3v) is 3.07. The summed E-state index contributed by atoms with van der Waals surface area (Å²) in [6.45, 7) is 4.47. The quantitative estimate of drug-likeness (QED) is 0.809. The Morgan fingerprint density at radius 3 is 2.63 bits per heavy atom. The molecule has 0 aromatic heterocycles. The monoisotopic (exact) mass is 285 g/mol. The van der Waals surface area contributed by atoms with Gasteiger partial charge in [0.05, 0.1) is 12.1 Å². The molecule has 106 valence electrons. The summed E-state index contributed by atoms with van der Waals surface area (Å²) < 4.78 is 5.07. The molecule has 1 aromatic carbocycles. The van der Waals surface area contributed by atoms with Crippen molar-refractivity contribution >= 4 is 17.6 Å². The standard InChI is InChI=1S/C14H20ClNO3/c1-9(2)6-12(14(17)18)16-8-10-4-5-13(19-3)11(15)7-10/h4-5,7,9,12,16H,6,8H2,1-3H3,(H,17,18). The van der Waals surface area contributed by atoms with E-state index in [1.54, 1.807) is 19.2 Å². The smallest absolute Gasteiger partial charge is 0.320 e. The number of ether oxygens (including phenoxy) is 1. The van der Waals surface area contributed by atoms with Crippen molar-refractivity contribution in [1.29, 1.82) is 0 Å². The van der Waals surface area contributed by atoms with Crippen LogP contribution in [0.5, 0.6) is 5.75 Å². The summed E-state index contributed by atoms with van der Waals surface area (Å²) in [5.74, 6) is 0.115. The Morgan fingerprint density at radius 1 is 1.47 bits per heavy atom. The normalized spacial score (nSPS) is 12.5. The van der Waals surface area contributed by atoms with Crippen LogP contribution in [0.3, 0.4) is 0 Å². The number of carbonyl (C=O) groups is 1. The topological polar surface area (TPSA) is 58.6 Å². The predicted molar refractivity (Wildman–Crippen MR) is 75.7 cm³/mol. The highest BCUT2D eigenvalue weighted by Gasteiger charge is 2.18. The minimum absolute atomic E-state index is 0.327. The number of benzene rings is 1. The van der Waals surface area contributed by atoms with E-state index < -0.39 is 12.0 Å². The van der Waals surface area contributed by atoms with Crippen LogP contribution >= 0.6 is 11.6 Å². The molecule has 0 saturated heterocycles. The molecule has 1 rings (SSSR count). The number of aliphatic carboxylic acids is 1. The van der Waals surface area contributed by atoms with E-state index in [-0.39, 0.29) is 0 Å². The predicted octanol–water partition coefficient (Wildman–Crippen LogP) is 2.94. The SMILES string of the molecule is COc1ccc(CNC(CC(C)C)C(=O)O)cc1Cl. The summed E-state index contributed by atoms with van der Waals surface area (Å²) in [6.07, 6.45) is 0.596. The minimum atomic E-state index is -0.826. The zero-order valence-electron chi connectivity index (χ0n) is 11.4. The molecule has 19 heavy (non-hydrogen) atoms. The summed E-state index contributed by atoms with van der Waals surface area (Å²) in [4.78, 5) is 11.1. The third-order valence-electron chi connectivity index (χ3n) is 2.77. The van der Waals surface area contributed by atoms with Gasteiger partial charge in [0.1, 0.15) is 11.8 Å². The maximum absolute atomic E-state index is 11.1. The molecule has 0 radical (unpaired) electrons. The summed E-state index contributed by atoms with van der Waals surface area (Å²) in [6, 6.07) is 4.88. The average Bonchev–Trinajstić information content (AvgIpc) is 2.34. The highest BCUT2D eigenvalue weighted by Crippen LogP contribution is 2.24. The number of halogens is 1. The lowest BCUT2D eigenvalue weighted by Crippen LogP contribution is -2.37. The molecule has 5 heteroatoms. The van der Waals surface area contributed by atoms with E-state index in [0.717, 1.165) is 5.56 Å². The fourth-order valence-electron chi connectivity index (χ4n) is 1.80. The van der Waals surface area contributed by atoms with Crippen molar-refractivity contribution in [3.05, 3.63) is 28.8 Å². The number of methoxy groups -OCH3 is 1. The highest BCUT2D eigenvalue weighted by atomic mass is 35.5. The van der Waals surface area contributed by atoms with Crippen molar-refractivity contribution in [2.45, 2.75) is 32.9 Å². The Bertz CT molecular complexity index is 435. The Labute approximate surface area is 118 Å². The summed E-state index contributed by atoms with van der Waals surface area (Å²) in [5.41, 5.74) is 0.931. The molecule has 0 bridgehead atoms. The zero-order valence-corrected chi connectivity index (χ0v) is 12.2. The van der Waals surface area contributed by atoms with Crippen LogP contribution in [0.1, 0.15) is 25.8 Å². The Hall–Kier alpha value is -1.26. The second-order valence-electron chi connectivity index (χ2n) is 4.87. The molecule has 1 unspecified atom stereocenters. The van der Waals surface area contributed by atoms with Gasteiger partial charge in [-0.25, -0.2) is 0 Å². The number of rotatable bonds is 7. The van der Waals surface area contributed by atoms with Crippen molar-refractivity contribution in [2.24, 2.45) is 5.92 Å². The maximum atomic E-state index is 11.1. The number of hydrogen-bond acceptors (Lipinski definition) is 3. The molecular formula is C14H20ClNO3. The second kappa shape index (κ2) is 7.36. The van der Waals surface area contributed by atoms with Gasteiger partial charge in [-0.1, -0.05) is 31.5 Å². The fourth-order valence-corrected chi connectivity index (χ4v) is 2.08. The molecule has 4 nitrogen and oxygen atoms in total. The van der Waals surface area contributed by atoms with Crippen LogP contribution < -0.4 is 10.1 Å². The molecule has 1 aromatic rings. The van der Waals surface area contributed by atoms with E-state index in [9.17, 15) is 4.79 Å². The van der Waals surface area contributed by atoms with Gasteiger partial charge < -0.3 is 15.2 Å². The molecule has 0 amide bonds. The van der Waals surface area contributed by atoms with Gasteiger partial charge in [0.25, 0.3) is 0 Å². The molecule has 0 saturated carbocycles. The molecular weight excluding hydrogens is 266 g/mol. The van der Waals surface area contributed by atoms with Crippen molar-refractivity contribution in [3.8, 4) is 5.75 Å². The molecule has 0 aliphatic heterocycles. The van der Waals surface area contributed by atoms with E-state index >= 15 is 0 Å². The van der Waals surface area contributed by atoms with Crippen molar-refractivity contribution in [3.63, 3.8) is 0 Å². The number of carboxylic acid groups (broad SMARTS) is 1. The van der Waals surface area contributed by atoms with E-state index in [4.69, 9.17) is 21.4 Å². The first-order chi connectivity index (χ1) is 8.93. The lowest BCUT2D eigenvalue weighted by atomic mass is 10.0. The number of carboxylic acids is 1. The van der Waals surface area contributed by atoms with Crippen LogP contribution in [0, 0.1) is 5.92 Å². The molecule has 0 aliphatic rings. The molecule has 0 spiro atoms. The van der Waals surface area contributed by atoms with Crippen LogP contribution in [0.2, 0.25) is 5.02 Å². The van der Waals surface area contributed by atoms with Crippen molar-refractivity contribution < 1.29 is 14.6 Å². The number of hydrogen-bond donors (Lipinski definition) is 2. The van der Waals surface area contributed by atoms with Gasteiger partial charge in [-0.2, -0.15) is 0 Å².